The molecule has 136 valence electrons. The van der Waals surface area contributed by atoms with Gasteiger partial charge in [-0.3, -0.25) is 0 Å². The van der Waals surface area contributed by atoms with E-state index in [-0.39, 0.29) is 10.6 Å². The molecule has 0 aromatic heterocycles. The smallest absolute Gasteiger partial charge is 0.179 e. The van der Waals surface area contributed by atoms with Crippen LogP contribution in [-0.4, -0.2) is 52.9 Å². The van der Waals surface area contributed by atoms with E-state index in [1.165, 1.54) is 7.11 Å². The maximum atomic E-state index is 12.4. The zero-order valence-electron chi connectivity index (χ0n) is 14.3. The number of benzene rings is 2. The van der Waals surface area contributed by atoms with E-state index >= 15 is 0 Å². The van der Waals surface area contributed by atoms with Gasteiger partial charge in [0.15, 0.2) is 9.84 Å². The first-order chi connectivity index (χ1) is 11.9. The second-order valence-corrected chi connectivity index (χ2v) is 8.15. The van der Waals surface area contributed by atoms with Gasteiger partial charge in [-0.15, -0.1) is 0 Å². The van der Waals surface area contributed by atoms with Gasteiger partial charge in [0.1, 0.15) is 18.1 Å². The van der Waals surface area contributed by atoms with Gasteiger partial charge in [-0.05, 0) is 49.5 Å². The summed E-state index contributed by atoms with van der Waals surface area (Å²) < 4.78 is 35.5. The first-order valence-corrected chi connectivity index (χ1v) is 9.87. The Morgan fingerprint density at radius 1 is 1.04 bits per heavy atom. The summed E-state index contributed by atoms with van der Waals surface area (Å²) in [6.07, 6.45) is 0. The average Bonchev–Trinajstić information content (AvgIpc) is 2.62. The molecule has 0 aliphatic rings. The normalized spacial score (nSPS) is 11.5. The maximum absolute atomic E-state index is 12.4. The monoisotopic (exact) mass is 383 g/mol. The highest BCUT2D eigenvalue weighted by Gasteiger charge is 2.16. The number of nitrogens with zero attached hydrogens (tertiary/aromatic N) is 1. The van der Waals surface area contributed by atoms with Crippen LogP contribution in [0.15, 0.2) is 53.4 Å². The van der Waals surface area contributed by atoms with E-state index in [4.69, 9.17) is 21.1 Å². The van der Waals surface area contributed by atoms with E-state index in [9.17, 15) is 8.42 Å². The molecule has 0 saturated carbocycles. The summed E-state index contributed by atoms with van der Waals surface area (Å²) in [7, 11) is 0.0344. The van der Waals surface area contributed by atoms with Crippen molar-refractivity contribution in [3.8, 4) is 11.5 Å². The lowest BCUT2D eigenvalue weighted by molar-refractivity contribution is 0.244. The zero-order valence-corrected chi connectivity index (χ0v) is 15.9. The van der Waals surface area contributed by atoms with E-state index in [0.29, 0.717) is 30.5 Å². The molecule has 7 heteroatoms. The maximum Gasteiger partial charge on any atom is 0.179 e. The molecular formula is C18H22ClNO4S. The van der Waals surface area contributed by atoms with Gasteiger partial charge >= 0.3 is 0 Å². The number of hydrogen-bond acceptors (Lipinski definition) is 5. The number of methoxy groups -OCH3 is 1. The lowest BCUT2D eigenvalue weighted by atomic mass is 10.3. The lowest BCUT2D eigenvalue weighted by Crippen LogP contribution is -2.29. The Kier molecular flexibility index (Phi) is 7.11. The minimum Gasteiger partial charge on any atom is -0.497 e. The van der Waals surface area contributed by atoms with Gasteiger partial charge in [-0.1, -0.05) is 17.7 Å². The fraction of sp³-hybridized carbons (Fsp3) is 0.333. The minimum atomic E-state index is -3.35. The predicted molar refractivity (Wildman–Crippen MR) is 99.5 cm³/mol. The van der Waals surface area contributed by atoms with Crippen LogP contribution < -0.4 is 9.47 Å². The van der Waals surface area contributed by atoms with Gasteiger partial charge in [-0.25, -0.2) is 8.42 Å². The first kappa shape index (κ1) is 19.6. The Balaban J connectivity index is 1.80. The molecule has 0 bridgehead atoms. The van der Waals surface area contributed by atoms with E-state index < -0.39 is 9.84 Å². The number of ether oxygens (including phenoxy) is 2. The summed E-state index contributed by atoms with van der Waals surface area (Å²) in [5, 5.41) is 0.659. The summed E-state index contributed by atoms with van der Waals surface area (Å²) in [5.74, 6) is 1.31. The van der Waals surface area contributed by atoms with Crippen LogP contribution in [0.1, 0.15) is 0 Å². The molecule has 0 radical (unpaired) electrons. The third-order valence-electron chi connectivity index (χ3n) is 3.70. The molecule has 0 saturated heterocycles. The molecule has 2 aromatic carbocycles. The molecule has 0 spiro atoms. The molecule has 0 heterocycles. The minimum absolute atomic E-state index is 0.0393. The van der Waals surface area contributed by atoms with Gasteiger partial charge in [0.25, 0.3) is 0 Å². The molecule has 0 N–H and O–H groups in total. The van der Waals surface area contributed by atoms with Crippen molar-refractivity contribution in [1.29, 1.82) is 0 Å². The van der Waals surface area contributed by atoms with Crippen molar-refractivity contribution < 1.29 is 17.9 Å². The van der Waals surface area contributed by atoms with Crippen LogP contribution in [0.25, 0.3) is 0 Å². The fourth-order valence-corrected chi connectivity index (χ4v) is 3.65. The van der Waals surface area contributed by atoms with Crippen LogP contribution in [-0.2, 0) is 9.84 Å². The van der Waals surface area contributed by atoms with Crippen molar-refractivity contribution in [1.82, 2.24) is 4.90 Å². The van der Waals surface area contributed by atoms with Crippen LogP contribution >= 0.6 is 11.6 Å². The average molecular weight is 384 g/mol. The standard InChI is InChI=1S/C18H22ClNO4S/c1-20(10-12-24-16-8-6-15(19)7-9-16)11-13-25(21,22)18-5-3-4-17(14-18)23-2/h3-9,14H,10-13H2,1-2H3. The molecule has 0 unspecified atom stereocenters. The highest BCUT2D eigenvalue weighted by molar-refractivity contribution is 7.91. The molecule has 0 amide bonds. The second-order valence-electron chi connectivity index (χ2n) is 5.60. The van der Waals surface area contributed by atoms with Crippen molar-refractivity contribution in [2.45, 2.75) is 4.90 Å². The largest absolute Gasteiger partial charge is 0.497 e. The molecule has 0 aliphatic carbocycles. The summed E-state index contributed by atoms with van der Waals surface area (Å²) in [5.41, 5.74) is 0. The molecular weight excluding hydrogens is 362 g/mol. The molecule has 0 fully saturated rings. The second kappa shape index (κ2) is 9.08. The van der Waals surface area contributed by atoms with E-state index in [2.05, 4.69) is 0 Å². The van der Waals surface area contributed by atoms with Crippen molar-refractivity contribution >= 4 is 21.4 Å². The topological polar surface area (TPSA) is 55.8 Å². The molecule has 2 aromatic rings. The molecule has 0 atom stereocenters. The third-order valence-corrected chi connectivity index (χ3v) is 5.64. The molecule has 2 rings (SSSR count). The SMILES string of the molecule is COc1cccc(S(=O)(=O)CCN(C)CCOc2ccc(Cl)cc2)c1. The van der Waals surface area contributed by atoms with Crippen LogP contribution in [0.4, 0.5) is 0 Å². The first-order valence-electron chi connectivity index (χ1n) is 7.84. The molecule has 25 heavy (non-hydrogen) atoms. The summed E-state index contributed by atoms with van der Waals surface area (Å²) >= 11 is 5.82. The van der Waals surface area contributed by atoms with Gasteiger partial charge in [-0.2, -0.15) is 0 Å². The van der Waals surface area contributed by atoms with Crippen molar-refractivity contribution in [3.05, 3.63) is 53.6 Å². The quantitative estimate of drug-likeness (QED) is 0.665. The van der Waals surface area contributed by atoms with Crippen LogP contribution in [0.2, 0.25) is 5.02 Å². The number of halogens is 1. The third kappa shape index (κ3) is 6.23. The number of likely N-dealkylation sites (N-methyl/N-ethyl adjacent to an activating group) is 1. The Labute approximate surface area is 154 Å². The van der Waals surface area contributed by atoms with Crippen molar-refractivity contribution in [2.75, 3.05) is 39.6 Å². The highest BCUT2D eigenvalue weighted by atomic mass is 35.5. The number of sulfone groups is 1. The van der Waals surface area contributed by atoms with Crippen LogP contribution in [0.5, 0.6) is 11.5 Å². The summed E-state index contributed by atoms with van der Waals surface area (Å²) in [6, 6.07) is 13.7. The van der Waals surface area contributed by atoms with E-state index in [0.717, 1.165) is 5.75 Å². The van der Waals surface area contributed by atoms with Gasteiger partial charge in [0.05, 0.1) is 17.8 Å². The van der Waals surface area contributed by atoms with Crippen molar-refractivity contribution in [2.24, 2.45) is 0 Å². The van der Waals surface area contributed by atoms with Gasteiger partial charge in [0, 0.05) is 18.1 Å². The number of hydrogen-bond donors (Lipinski definition) is 0. The highest BCUT2D eigenvalue weighted by Crippen LogP contribution is 2.18. The zero-order chi connectivity index (χ0) is 18.3. The summed E-state index contributed by atoms with van der Waals surface area (Å²) in [4.78, 5) is 2.20. The Morgan fingerprint density at radius 2 is 1.76 bits per heavy atom. The van der Waals surface area contributed by atoms with Crippen LogP contribution in [0, 0.1) is 0 Å². The van der Waals surface area contributed by atoms with Crippen LogP contribution in [0.3, 0.4) is 0 Å². The van der Waals surface area contributed by atoms with Gasteiger partial charge < -0.3 is 14.4 Å². The lowest BCUT2D eigenvalue weighted by Gasteiger charge is -2.17. The fourth-order valence-electron chi connectivity index (χ4n) is 2.15. The molecule has 5 nitrogen and oxygen atoms in total. The Hall–Kier alpha value is -1.76. The summed E-state index contributed by atoms with van der Waals surface area (Å²) in [6.45, 7) is 1.51. The molecule has 0 aliphatic heterocycles. The predicted octanol–water partition coefficient (Wildman–Crippen LogP) is 3.13. The Morgan fingerprint density at radius 3 is 2.44 bits per heavy atom. The number of rotatable bonds is 9. The van der Waals surface area contributed by atoms with Crippen molar-refractivity contribution in [3.63, 3.8) is 0 Å². The van der Waals surface area contributed by atoms with E-state index in [1.807, 2.05) is 11.9 Å². The van der Waals surface area contributed by atoms with E-state index in [1.54, 1.807) is 48.5 Å². The van der Waals surface area contributed by atoms with Gasteiger partial charge in [0.2, 0.25) is 0 Å². The Bertz CT molecular complexity index is 778.